The fraction of sp³-hybridized carbons (Fsp3) is 0.231. The summed E-state index contributed by atoms with van der Waals surface area (Å²) in [5, 5.41) is 0. The zero-order valence-corrected chi connectivity index (χ0v) is 12.4. The molecule has 0 saturated heterocycles. The van der Waals surface area contributed by atoms with Crippen molar-refractivity contribution in [2.45, 2.75) is 13.0 Å². The summed E-state index contributed by atoms with van der Waals surface area (Å²) in [5.74, 6) is -0.161. The van der Waals surface area contributed by atoms with Crippen LogP contribution in [0.15, 0.2) is 28.1 Å². The van der Waals surface area contributed by atoms with Gasteiger partial charge in [0.1, 0.15) is 0 Å². The molecule has 2 nitrogen and oxygen atoms in total. The van der Waals surface area contributed by atoms with Gasteiger partial charge < -0.3 is 10.5 Å². The van der Waals surface area contributed by atoms with Crippen LogP contribution in [0.3, 0.4) is 0 Å². The standard InChI is InChI=1S/C13H13BrFNOS/c1-7-9(6-12(14)18-7)13(16)8-3-4-11(17-2)10(15)5-8/h3-6,13H,16H2,1-2H3. The molecule has 1 aromatic carbocycles. The maximum absolute atomic E-state index is 13.6. The molecule has 1 heterocycles. The van der Waals surface area contributed by atoms with E-state index in [0.29, 0.717) is 0 Å². The fourth-order valence-corrected chi connectivity index (χ4v) is 3.58. The maximum Gasteiger partial charge on any atom is 0.165 e. The molecule has 0 radical (unpaired) electrons. The molecule has 2 N–H and O–H groups in total. The van der Waals surface area contributed by atoms with E-state index in [4.69, 9.17) is 10.5 Å². The molecule has 0 aliphatic carbocycles. The summed E-state index contributed by atoms with van der Waals surface area (Å²) in [6.07, 6.45) is 0. The SMILES string of the molecule is COc1ccc(C(N)c2cc(Br)sc2C)cc1F. The van der Waals surface area contributed by atoms with Crippen molar-refractivity contribution >= 4 is 27.3 Å². The maximum atomic E-state index is 13.6. The molecule has 0 fully saturated rings. The number of halogens is 2. The molecular weight excluding hydrogens is 317 g/mol. The number of ether oxygens (including phenoxy) is 1. The first-order valence-corrected chi connectivity index (χ1v) is 6.98. The Balaban J connectivity index is 2.37. The van der Waals surface area contributed by atoms with Gasteiger partial charge in [-0.25, -0.2) is 4.39 Å². The van der Waals surface area contributed by atoms with Gasteiger partial charge >= 0.3 is 0 Å². The minimum atomic E-state index is -0.391. The first-order chi connectivity index (χ1) is 8.52. The first kappa shape index (κ1) is 13.5. The second kappa shape index (κ2) is 5.38. The monoisotopic (exact) mass is 329 g/mol. The summed E-state index contributed by atoms with van der Waals surface area (Å²) < 4.78 is 19.6. The third-order valence-electron chi connectivity index (χ3n) is 2.80. The van der Waals surface area contributed by atoms with E-state index in [1.54, 1.807) is 23.5 Å². The van der Waals surface area contributed by atoms with Gasteiger partial charge in [0, 0.05) is 4.88 Å². The number of thiophene rings is 1. The van der Waals surface area contributed by atoms with Crippen molar-refractivity contribution in [1.29, 1.82) is 0 Å². The van der Waals surface area contributed by atoms with Gasteiger partial charge in [-0.15, -0.1) is 11.3 Å². The summed E-state index contributed by atoms with van der Waals surface area (Å²) in [6, 6.07) is 6.47. The summed E-state index contributed by atoms with van der Waals surface area (Å²) in [4.78, 5) is 1.13. The average Bonchev–Trinajstić information content (AvgIpc) is 2.67. The average molecular weight is 330 g/mol. The molecule has 0 aliphatic heterocycles. The smallest absolute Gasteiger partial charge is 0.165 e. The van der Waals surface area contributed by atoms with Crippen LogP contribution in [0.2, 0.25) is 0 Å². The number of nitrogens with two attached hydrogens (primary N) is 1. The number of hydrogen-bond donors (Lipinski definition) is 1. The Hall–Kier alpha value is -0.910. The number of hydrogen-bond acceptors (Lipinski definition) is 3. The van der Waals surface area contributed by atoms with E-state index in [0.717, 1.165) is 19.8 Å². The van der Waals surface area contributed by atoms with E-state index >= 15 is 0 Å². The van der Waals surface area contributed by atoms with Crippen LogP contribution >= 0.6 is 27.3 Å². The molecule has 1 atom stereocenters. The second-order valence-electron chi connectivity index (χ2n) is 3.93. The van der Waals surface area contributed by atoms with Gasteiger partial charge in [0.2, 0.25) is 0 Å². The molecule has 0 aliphatic rings. The Morgan fingerprint density at radius 2 is 2.11 bits per heavy atom. The van der Waals surface area contributed by atoms with E-state index in [2.05, 4.69) is 15.9 Å². The van der Waals surface area contributed by atoms with Crippen LogP contribution in [0, 0.1) is 12.7 Å². The van der Waals surface area contributed by atoms with Crippen LogP contribution in [0.1, 0.15) is 22.0 Å². The van der Waals surface area contributed by atoms with Crippen LogP contribution in [-0.4, -0.2) is 7.11 Å². The number of benzene rings is 1. The van der Waals surface area contributed by atoms with E-state index < -0.39 is 5.82 Å². The van der Waals surface area contributed by atoms with Crippen molar-refractivity contribution < 1.29 is 9.13 Å². The van der Waals surface area contributed by atoms with Crippen molar-refractivity contribution in [1.82, 2.24) is 0 Å². The van der Waals surface area contributed by atoms with Crippen LogP contribution in [0.25, 0.3) is 0 Å². The molecule has 0 spiro atoms. The van der Waals surface area contributed by atoms with E-state index in [9.17, 15) is 4.39 Å². The summed E-state index contributed by atoms with van der Waals surface area (Å²) in [5.41, 5.74) is 7.92. The summed E-state index contributed by atoms with van der Waals surface area (Å²) >= 11 is 5.05. The van der Waals surface area contributed by atoms with Gasteiger partial charge in [0.25, 0.3) is 0 Å². The Labute approximate surface area is 118 Å². The molecule has 18 heavy (non-hydrogen) atoms. The van der Waals surface area contributed by atoms with Gasteiger partial charge in [-0.05, 0) is 52.2 Å². The van der Waals surface area contributed by atoms with Crippen LogP contribution < -0.4 is 10.5 Å². The van der Waals surface area contributed by atoms with Gasteiger partial charge in [-0.1, -0.05) is 6.07 Å². The molecular formula is C13H13BrFNOS. The largest absolute Gasteiger partial charge is 0.494 e. The highest BCUT2D eigenvalue weighted by Gasteiger charge is 2.16. The van der Waals surface area contributed by atoms with E-state index in [-0.39, 0.29) is 11.8 Å². The predicted octanol–water partition coefficient (Wildman–Crippen LogP) is 4.01. The zero-order chi connectivity index (χ0) is 13.3. The lowest BCUT2D eigenvalue weighted by atomic mass is 10.0. The summed E-state index contributed by atoms with van der Waals surface area (Å²) in [6.45, 7) is 2.00. The lowest BCUT2D eigenvalue weighted by Gasteiger charge is -2.13. The predicted molar refractivity (Wildman–Crippen MR) is 75.7 cm³/mol. The van der Waals surface area contributed by atoms with Crippen molar-refractivity contribution in [3.8, 4) is 5.75 Å². The third kappa shape index (κ3) is 2.58. The molecule has 0 amide bonds. The fourth-order valence-electron chi connectivity index (χ4n) is 1.82. The van der Waals surface area contributed by atoms with Crippen molar-refractivity contribution in [3.63, 3.8) is 0 Å². The van der Waals surface area contributed by atoms with Crippen LogP contribution in [0.4, 0.5) is 4.39 Å². The molecule has 96 valence electrons. The molecule has 2 aromatic rings. The lowest BCUT2D eigenvalue weighted by Crippen LogP contribution is -2.12. The van der Waals surface area contributed by atoms with Crippen molar-refractivity contribution in [3.05, 3.63) is 49.9 Å². The Morgan fingerprint density at radius 1 is 1.39 bits per heavy atom. The van der Waals surface area contributed by atoms with Crippen molar-refractivity contribution in [2.24, 2.45) is 5.73 Å². The molecule has 2 rings (SSSR count). The molecule has 1 unspecified atom stereocenters. The number of aryl methyl sites for hydroxylation is 1. The molecule has 5 heteroatoms. The minimum absolute atomic E-state index is 0.231. The van der Waals surface area contributed by atoms with Crippen molar-refractivity contribution in [2.75, 3.05) is 7.11 Å². The quantitative estimate of drug-likeness (QED) is 0.923. The molecule has 1 aromatic heterocycles. The highest BCUT2D eigenvalue weighted by atomic mass is 79.9. The Kier molecular flexibility index (Phi) is 4.04. The lowest BCUT2D eigenvalue weighted by molar-refractivity contribution is 0.386. The van der Waals surface area contributed by atoms with Crippen LogP contribution in [0.5, 0.6) is 5.75 Å². The van der Waals surface area contributed by atoms with Gasteiger partial charge in [0.15, 0.2) is 11.6 Å². The Morgan fingerprint density at radius 3 is 2.61 bits per heavy atom. The third-order valence-corrected chi connectivity index (χ3v) is 4.37. The van der Waals surface area contributed by atoms with E-state index in [1.165, 1.54) is 13.2 Å². The Bertz CT molecular complexity index is 570. The number of rotatable bonds is 3. The van der Waals surface area contributed by atoms with E-state index in [1.807, 2.05) is 13.0 Å². The van der Waals surface area contributed by atoms with Gasteiger partial charge in [-0.2, -0.15) is 0 Å². The highest BCUT2D eigenvalue weighted by Crippen LogP contribution is 2.33. The van der Waals surface area contributed by atoms with Crippen LogP contribution in [-0.2, 0) is 0 Å². The normalized spacial score (nSPS) is 12.5. The summed E-state index contributed by atoms with van der Waals surface area (Å²) in [7, 11) is 1.44. The van der Waals surface area contributed by atoms with Gasteiger partial charge in [0.05, 0.1) is 16.9 Å². The minimum Gasteiger partial charge on any atom is -0.494 e. The molecule has 0 bridgehead atoms. The zero-order valence-electron chi connectivity index (χ0n) is 10.0. The topological polar surface area (TPSA) is 35.2 Å². The number of methoxy groups -OCH3 is 1. The molecule has 0 saturated carbocycles. The first-order valence-electron chi connectivity index (χ1n) is 5.37. The van der Waals surface area contributed by atoms with Gasteiger partial charge in [-0.3, -0.25) is 0 Å². The second-order valence-corrected chi connectivity index (χ2v) is 6.57. The highest BCUT2D eigenvalue weighted by molar-refractivity contribution is 9.11.